The van der Waals surface area contributed by atoms with Crippen molar-refractivity contribution in [2.45, 2.75) is 180 Å². The first-order chi connectivity index (χ1) is 53.9. The molecule has 3 unspecified atom stereocenters. The highest BCUT2D eigenvalue weighted by atomic mass is 32.1. The molecule has 0 spiro atoms. The summed E-state index contributed by atoms with van der Waals surface area (Å²) in [5.41, 5.74) is 8.72. The van der Waals surface area contributed by atoms with Crippen LogP contribution in [0.3, 0.4) is 0 Å². The number of aromatic carboxylic acids is 1. The molecular weight excluding hydrogens is 1480 g/mol. The number of carboxylic acids is 2. The van der Waals surface area contributed by atoms with Crippen molar-refractivity contribution in [3.05, 3.63) is 138 Å². The van der Waals surface area contributed by atoms with Crippen molar-refractivity contribution in [1.29, 1.82) is 0 Å². The van der Waals surface area contributed by atoms with Crippen LogP contribution in [0, 0.1) is 29.1 Å². The number of amides is 9. The highest BCUT2D eigenvalue weighted by Crippen LogP contribution is 2.72. The molecule has 4 aromatic carbocycles. The number of nitrogens with two attached hydrogens (primary N) is 1. The molecule has 113 heavy (non-hydrogen) atoms. The number of carboxylic acid groups (broad SMARTS) is 2. The van der Waals surface area contributed by atoms with E-state index >= 15 is 0 Å². The van der Waals surface area contributed by atoms with Crippen molar-refractivity contribution in [2.24, 2.45) is 27.9 Å². The number of pyridine rings is 1. The molecule has 5 heterocycles. The molecular formula is C81H96N12O19S. The summed E-state index contributed by atoms with van der Waals surface area (Å²) in [5, 5.41) is 72.5. The number of fused-ring (bicyclic) bond motifs is 2. The number of hydrogen-bond donors (Lipinski definition) is 11. The number of aromatic nitrogens is 4. The van der Waals surface area contributed by atoms with Crippen LogP contribution in [0.5, 0.6) is 0 Å². The van der Waals surface area contributed by atoms with E-state index < -0.39 is 96.1 Å². The quantitative estimate of drug-likeness (QED) is 0.0132. The third kappa shape index (κ3) is 19.4. The maximum absolute atomic E-state index is 14.4. The number of carbonyl (C=O) groups excluding carboxylic acids is 8. The fraction of sp³-hybridized carbons (Fsp3) is 0.469. The van der Waals surface area contributed by atoms with E-state index in [0.29, 0.717) is 81.9 Å². The second kappa shape index (κ2) is 34.8. The van der Waals surface area contributed by atoms with Gasteiger partial charge in [0, 0.05) is 84.9 Å². The van der Waals surface area contributed by atoms with Crippen LogP contribution in [0.1, 0.15) is 143 Å². The SMILES string of the molecule is Cc1c(-c2ccc(-c3ccc4cccc(C(=O)Nc5nc6ccccc6s5)c4c3)nc2C(=O)O)cnn1CC12CC3(C)CC(C)(C1)CC(OCCN(CCCO[C@H]1OC(C(=O)O)[C@H](O)[C@@H](O)[C@@H]1O)C(=O)OCc1ccc(NC(=O)[C@H](CCCNC(N)=O)NC(=O)[C@@H](NC(=O)CCCCCN4C(=O)C=CC4=O)C(C)C)cc1)(C3)C2. The molecule has 5 fully saturated rings. The Morgan fingerprint density at radius 2 is 1.50 bits per heavy atom. The van der Waals surface area contributed by atoms with Crippen LogP contribution in [-0.4, -0.2) is 202 Å². The second-order valence-electron chi connectivity index (χ2n) is 31.5. The first kappa shape index (κ1) is 81.9. The number of anilines is 2. The van der Waals surface area contributed by atoms with Gasteiger partial charge >= 0.3 is 24.1 Å². The highest BCUT2D eigenvalue weighted by Gasteiger charge is 2.66. The van der Waals surface area contributed by atoms with Crippen molar-refractivity contribution in [1.82, 2.24) is 45.5 Å². The Morgan fingerprint density at radius 1 is 0.752 bits per heavy atom. The lowest BCUT2D eigenvalue weighted by Crippen LogP contribution is -2.64. The normalized spacial score (nSPS) is 23.5. The van der Waals surface area contributed by atoms with Crippen LogP contribution in [0.4, 0.5) is 20.4 Å². The minimum absolute atomic E-state index is 0.00372. The molecule has 12 N–H and O–H groups in total. The number of nitrogens with one attached hydrogen (secondary N) is 5. The number of carbonyl (C=O) groups is 10. The van der Waals surface area contributed by atoms with Crippen molar-refractivity contribution < 1.29 is 92.4 Å². The second-order valence-corrected chi connectivity index (χ2v) is 32.6. The number of imide groups is 1. The van der Waals surface area contributed by atoms with E-state index in [1.54, 1.807) is 68.6 Å². The lowest BCUT2D eigenvalue weighted by molar-refractivity contribution is -0.294. The number of thiazole rings is 1. The predicted octanol–water partition coefficient (Wildman–Crippen LogP) is 8.21. The predicted molar refractivity (Wildman–Crippen MR) is 414 cm³/mol. The summed E-state index contributed by atoms with van der Waals surface area (Å²) in [4.78, 5) is 142. The molecule has 9 atom stereocenters. The fourth-order valence-corrected chi connectivity index (χ4v) is 18.6. The molecule has 4 saturated carbocycles. The van der Waals surface area contributed by atoms with Crippen LogP contribution in [0.25, 0.3) is 43.4 Å². The number of aliphatic carboxylic acids is 1. The van der Waals surface area contributed by atoms with E-state index in [2.05, 4.69) is 45.4 Å². The first-order valence-electron chi connectivity index (χ1n) is 38.0. The van der Waals surface area contributed by atoms with Crippen molar-refractivity contribution >= 4 is 103 Å². The van der Waals surface area contributed by atoms with Crippen molar-refractivity contribution in [2.75, 3.05) is 50.0 Å². The minimum Gasteiger partial charge on any atom is -0.479 e. The summed E-state index contributed by atoms with van der Waals surface area (Å²) in [6.07, 6.45) is 1.06. The van der Waals surface area contributed by atoms with Gasteiger partial charge in [-0.25, -0.2) is 29.1 Å². The van der Waals surface area contributed by atoms with Crippen LogP contribution < -0.4 is 32.3 Å². The van der Waals surface area contributed by atoms with E-state index in [1.165, 1.54) is 28.4 Å². The van der Waals surface area contributed by atoms with Gasteiger partial charge in [0.2, 0.25) is 17.7 Å². The number of aliphatic hydroxyl groups excluding tert-OH is 3. The number of urea groups is 1. The Kier molecular flexibility index (Phi) is 25.2. The minimum atomic E-state index is -1.93. The van der Waals surface area contributed by atoms with Crippen LogP contribution in [0.2, 0.25) is 0 Å². The largest absolute Gasteiger partial charge is 0.479 e. The summed E-state index contributed by atoms with van der Waals surface area (Å²) < 4.78 is 27.0. The summed E-state index contributed by atoms with van der Waals surface area (Å²) in [6, 6.07) is 25.6. The van der Waals surface area contributed by atoms with E-state index in [9.17, 15) is 73.5 Å². The molecule has 13 rings (SSSR count). The number of benzene rings is 4. The fourth-order valence-electron chi connectivity index (χ4n) is 17.7. The van der Waals surface area contributed by atoms with E-state index in [-0.39, 0.29) is 111 Å². The molecule has 1 saturated heterocycles. The zero-order valence-corrected chi connectivity index (χ0v) is 64.4. The van der Waals surface area contributed by atoms with E-state index in [0.717, 1.165) is 58.3 Å². The van der Waals surface area contributed by atoms with Crippen LogP contribution in [-0.2, 0) is 60.9 Å². The van der Waals surface area contributed by atoms with Crippen molar-refractivity contribution in [3.63, 3.8) is 0 Å². The van der Waals surface area contributed by atoms with Gasteiger partial charge in [-0.05, 0) is 165 Å². The number of hydrogen-bond acceptors (Lipinski definition) is 21. The zero-order chi connectivity index (χ0) is 80.7. The Bertz CT molecular complexity index is 4730. The lowest BCUT2D eigenvalue weighted by Gasteiger charge is -2.69. The molecule has 32 heteroatoms. The maximum atomic E-state index is 14.4. The number of ether oxygens (including phenoxy) is 4. The molecule has 31 nitrogen and oxygen atoms in total. The van der Waals surface area contributed by atoms with Crippen LogP contribution in [0.15, 0.2) is 115 Å². The molecule has 7 aromatic rings. The van der Waals surface area contributed by atoms with E-state index in [4.69, 9.17) is 34.8 Å². The monoisotopic (exact) mass is 1570 g/mol. The molecule has 9 amide bonds. The van der Waals surface area contributed by atoms with Gasteiger partial charge in [-0.3, -0.25) is 43.7 Å². The average molecular weight is 1570 g/mol. The van der Waals surface area contributed by atoms with Gasteiger partial charge in [0.05, 0.1) is 40.9 Å². The third-order valence-corrected chi connectivity index (χ3v) is 22.8. The third-order valence-electron chi connectivity index (χ3n) is 21.9. The van der Waals surface area contributed by atoms with Crippen LogP contribution >= 0.6 is 11.3 Å². The van der Waals surface area contributed by atoms with E-state index in [1.807, 2.05) is 60.1 Å². The van der Waals surface area contributed by atoms with Gasteiger partial charge in [0.25, 0.3) is 17.7 Å². The van der Waals surface area contributed by atoms with Gasteiger partial charge in [0.1, 0.15) is 37.0 Å². The summed E-state index contributed by atoms with van der Waals surface area (Å²) in [6.45, 7) is 10.5. The number of nitrogens with zero attached hydrogens (tertiary/aromatic N) is 6. The highest BCUT2D eigenvalue weighted by molar-refractivity contribution is 7.22. The van der Waals surface area contributed by atoms with Gasteiger partial charge in [-0.2, -0.15) is 5.10 Å². The molecule has 600 valence electrons. The molecule has 2 aliphatic heterocycles. The standard InChI is InChI=1S/C81H96N12O19S/c1-46(2)63(89-60(94)19-7-6-10-32-92-61(95)28-29-62(92)96)71(102)87-58(17-12-30-83-75(82)107)70(101)85-51-24-20-48(21-25-51)38-110-77(108)91(31-13-34-109-74-67(99)65(97)66(98)68(112-74)73(105)106)33-35-111-81-42-78(4)39-79(5,43-81)41-80(40-78,44-81)45-93-47(3)55(37-84-93)52-26-27-56(86-64(52)72(103)104)50-23-22-49-14-11-15-53(54(49)36-50)69(100)90-76-88-57-16-8-9-18-59(57)113-76/h8-9,11,14-16,18,20-29,36-37,46,58,63,65-68,74,97-99H,6-7,10,12-13,17,19,30-35,38-45H2,1-5H3,(H,85,101)(H,87,102)(H,89,94)(H,103,104)(H,105,106)(H3,82,83,107)(H,88,90,100)/t58-,63-,65+,66+,67-,68?,74-,78?,79?,80?,81?/m0/s1. The van der Waals surface area contributed by atoms with Gasteiger partial charge < -0.3 is 76.4 Å². The van der Waals surface area contributed by atoms with Gasteiger partial charge in [-0.15, -0.1) is 0 Å². The summed E-state index contributed by atoms with van der Waals surface area (Å²) in [7, 11) is 0. The Labute approximate surface area is 655 Å². The Morgan fingerprint density at radius 3 is 2.20 bits per heavy atom. The number of aliphatic hydroxyl groups is 3. The summed E-state index contributed by atoms with van der Waals surface area (Å²) >= 11 is 1.37. The molecule has 4 bridgehead atoms. The zero-order valence-electron chi connectivity index (χ0n) is 63.6. The number of unbranched alkanes of at least 4 members (excludes halogenated alkanes) is 2. The smallest absolute Gasteiger partial charge is 0.410 e. The first-order valence-corrected chi connectivity index (χ1v) is 38.8. The topological polar surface area (TPSA) is 445 Å². The molecule has 4 aliphatic carbocycles. The molecule has 0 radical (unpaired) electrons. The maximum Gasteiger partial charge on any atom is 0.410 e. The molecule has 6 aliphatic rings. The van der Waals surface area contributed by atoms with Gasteiger partial charge in [-0.1, -0.05) is 94.0 Å². The average Bonchev–Trinajstić information content (AvgIpc) is 1.30. The Balaban J connectivity index is 0.696. The number of para-hydroxylation sites is 1. The number of rotatable bonds is 35. The number of primary amides is 1. The summed E-state index contributed by atoms with van der Waals surface area (Å²) in [5.74, 6) is -5.95. The van der Waals surface area contributed by atoms with Gasteiger partial charge in [0.15, 0.2) is 23.2 Å². The lowest BCUT2D eigenvalue weighted by atomic mass is 9.39. The molecule has 3 aromatic heterocycles. The Hall–Kier alpha value is -10.6. The van der Waals surface area contributed by atoms with Crippen molar-refractivity contribution in [3.8, 4) is 22.4 Å².